The maximum atomic E-state index is 14.2. The molecule has 2 fully saturated rings. The molecule has 212 valence electrons. The molecule has 0 bridgehead atoms. The lowest BCUT2D eigenvalue weighted by Gasteiger charge is -2.32. The monoisotopic (exact) mass is 575 g/mol. The SMILES string of the molecule is Cc1c(C(=O)O)sc2nc(CN3CCC(c4cccc(OCc5ccc(C#N)cc5F)n4)CC3)n(CC3CCO3)c12. The number of hydrogen-bond acceptors (Lipinski definition) is 8. The highest BCUT2D eigenvalue weighted by Gasteiger charge is 2.28. The summed E-state index contributed by atoms with van der Waals surface area (Å²) in [5, 5.41) is 18.5. The Kier molecular flexibility index (Phi) is 7.71. The van der Waals surface area contributed by atoms with Gasteiger partial charge >= 0.3 is 5.97 Å². The maximum Gasteiger partial charge on any atom is 0.346 e. The summed E-state index contributed by atoms with van der Waals surface area (Å²) in [6.45, 7) is 5.80. The third kappa shape index (κ3) is 5.68. The largest absolute Gasteiger partial charge is 0.477 e. The Bertz CT molecular complexity index is 1630. The number of benzene rings is 1. The first-order valence-corrected chi connectivity index (χ1v) is 14.5. The summed E-state index contributed by atoms with van der Waals surface area (Å²) < 4.78 is 27.9. The average molecular weight is 576 g/mol. The van der Waals surface area contributed by atoms with Crippen LogP contribution in [0.25, 0.3) is 10.3 Å². The predicted molar refractivity (Wildman–Crippen MR) is 151 cm³/mol. The molecule has 2 aliphatic rings. The van der Waals surface area contributed by atoms with Gasteiger partial charge in [0.05, 0.1) is 36.3 Å². The normalized spacial score (nSPS) is 17.8. The standard InChI is InChI=1S/C30H30FN5O4S/c1-18-27-29(41-28(18)30(37)38)34-25(36(27)15-22-9-12-39-22)16-35-10-7-20(8-11-35)24-3-2-4-26(33-24)40-17-21-6-5-19(14-32)13-23(21)31/h2-6,13,20,22H,7-12,15-17H2,1H3,(H,37,38). The highest BCUT2D eigenvalue weighted by atomic mass is 32.1. The van der Waals surface area contributed by atoms with E-state index < -0.39 is 11.8 Å². The number of halogens is 1. The summed E-state index contributed by atoms with van der Waals surface area (Å²) in [6.07, 6.45) is 3.00. The number of carboxylic acid groups (broad SMARTS) is 1. The Morgan fingerprint density at radius 3 is 2.73 bits per heavy atom. The minimum Gasteiger partial charge on any atom is -0.477 e. The molecule has 2 aliphatic heterocycles. The minimum absolute atomic E-state index is 0.0376. The molecule has 0 aliphatic carbocycles. The van der Waals surface area contributed by atoms with Crippen LogP contribution in [0, 0.1) is 24.1 Å². The lowest BCUT2D eigenvalue weighted by molar-refractivity contribution is -0.0592. The number of nitrogens with zero attached hydrogens (tertiary/aromatic N) is 5. The van der Waals surface area contributed by atoms with Crippen molar-refractivity contribution in [1.29, 1.82) is 5.26 Å². The number of aryl methyl sites for hydroxylation is 1. The van der Waals surface area contributed by atoms with Gasteiger partial charge in [-0.25, -0.2) is 19.2 Å². The van der Waals surface area contributed by atoms with Gasteiger partial charge in [-0.1, -0.05) is 12.1 Å². The Morgan fingerprint density at radius 2 is 2.05 bits per heavy atom. The number of piperidine rings is 1. The van der Waals surface area contributed by atoms with Gasteiger partial charge in [-0.15, -0.1) is 11.3 Å². The van der Waals surface area contributed by atoms with Crippen molar-refractivity contribution in [2.24, 2.45) is 0 Å². The van der Waals surface area contributed by atoms with Crippen molar-refractivity contribution in [3.8, 4) is 11.9 Å². The molecule has 4 aromatic rings. The number of ether oxygens (including phenoxy) is 2. The lowest BCUT2D eigenvalue weighted by atomic mass is 9.93. The number of imidazole rings is 1. The molecule has 1 unspecified atom stereocenters. The van der Waals surface area contributed by atoms with E-state index in [2.05, 4.69) is 9.47 Å². The smallest absolute Gasteiger partial charge is 0.346 e. The Labute approximate surface area is 240 Å². The van der Waals surface area contributed by atoms with Gasteiger partial charge in [0, 0.05) is 35.4 Å². The number of carboxylic acids is 1. The van der Waals surface area contributed by atoms with Crippen molar-refractivity contribution in [3.05, 3.63) is 75.3 Å². The third-order valence-corrected chi connectivity index (χ3v) is 9.12. The predicted octanol–water partition coefficient (Wildman–Crippen LogP) is 5.26. The fourth-order valence-electron chi connectivity index (χ4n) is 5.55. The fourth-order valence-corrected chi connectivity index (χ4v) is 6.60. The second kappa shape index (κ2) is 11.6. The van der Waals surface area contributed by atoms with Crippen LogP contribution in [0.3, 0.4) is 0 Å². The van der Waals surface area contributed by atoms with Crippen molar-refractivity contribution in [2.75, 3.05) is 19.7 Å². The minimum atomic E-state index is -0.912. The number of aromatic carboxylic acids is 1. The van der Waals surface area contributed by atoms with E-state index in [-0.39, 0.29) is 24.2 Å². The fraction of sp³-hybridized carbons (Fsp3) is 0.400. The number of fused-ring (bicyclic) bond motifs is 1. The zero-order valence-electron chi connectivity index (χ0n) is 22.7. The van der Waals surface area contributed by atoms with Gasteiger partial charge in [0.25, 0.3) is 0 Å². The molecule has 0 spiro atoms. The average Bonchev–Trinajstić information content (AvgIpc) is 3.46. The van der Waals surface area contributed by atoms with Crippen LogP contribution < -0.4 is 4.74 Å². The van der Waals surface area contributed by atoms with E-state index in [0.29, 0.717) is 29.4 Å². The van der Waals surface area contributed by atoms with Crippen LogP contribution in [-0.2, 0) is 24.4 Å². The van der Waals surface area contributed by atoms with E-state index in [1.807, 2.05) is 25.1 Å². The van der Waals surface area contributed by atoms with Gasteiger partial charge in [0.2, 0.25) is 5.88 Å². The first-order chi connectivity index (χ1) is 19.9. The van der Waals surface area contributed by atoms with E-state index in [1.54, 1.807) is 18.2 Å². The van der Waals surface area contributed by atoms with E-state index >= 15 is 0 Å². The highest BCUT2D eigenvalue weighted by molar-refractivity contribution is 7.20. The Balaban J connectivity index is 1.10. The second-order valence-electron chi connectivity index (χ2n) is 10.6. The maximum absolute atomic E-state index is 14.2. The van der Waals surface area contributed by atoms with Crippen molar-refractivity contribution in [3.63, 3.8) is 0 Å². The molecule has 3 aromatic heterocycles. The van der Waals surface area contributed by atoms with Gasteiger partial charge in [-0.2, -0.15) is 5.26 Å². The zero-order valence-corrected chi connectivity index (χ0v) is 23.5. The molecule has 41 heavy (non-hydrogen) atoms. The Hall–Kier alpha value is -3.85. The molecular formula is C30H30FN5O4S. The number of aromatic nitrogens is 3. The summed E-state index contributed by atoms with van der Waals surface area (Å²) in [5.74, 6) is 0.304. The number of rotatable bonds is 9. The lowest BCUT2D eigenvalue weighted by Crippen LogP contribution is -2.35. The summed E-state index contributed by atoms with van der Waals surface area (Å²) in [5.41, 5.74) is 3.29. The van der Waals surface area contributed by atoms with E-state index in [1.165, 1.54) is 17.4 Å². The number of thiophene rings is 1. The van der Waals surface area contributed by atoms with E-state index in [4.69, 9.17) is 24.7 Å². The summed E-state index contributed by atoms with van der Waals surface area (Å²) in [6, 6.07) is 12.0. The summed E-state index contributed by atoms with van der Waals surface area (Å²) in [7, 11) is 0. The van der Waals surface area contributed by atoms with Crippen molar-refractivity contribution in [2.45, 2.75) is 57.9 Å². The number of pyridine rings is 1. The van der Waals surface area contributed by atoms with Crippen LogP contribution in [0.15, 0.2) is 36.4 Å². The molecule has 9 nitrogen and oxygen atoms in total. The van der Waals surface area contributed by atoms with E-state index in [0.717, 1.165) is 66.4 Å². The molecule has 1 aromatic carbocycles. The van der Waals surface area contributed by atoms with Crippen LogP contribution in [0.5, 0.6) is 5.88 Å². The molecule has 0 radical (unpaired) electrons. The van der Waals surface area contributed by atoms with Crippen LogP contribution in [0.2, 0.25) is 0 Å². The summed E-state index contributed by atoms with van der Waals surface area (Å²) >= 11 is 1.24. The van der Waals surface area contributed by atoms with Gasteiger partial charge in [-0.3, -0.25) is 4.90 Å². The molecular weight excluding hydrogens is 545 g/mol. The molecule has 6 rings (SSSR count). The topological polar surface area (TPSA) is 113 Å². The zero-order chi connectivity index (χ0) is 28.5. The highest BCUT2D eigenvalue weighted by Crippen LogP contribution is 2.34. The number of hydrogen-bond donors (Lipinski definition) is 1. The van der Waals surface area contributed by atoms with Gasteiger partial charge in [0.1, 0.15) is 28.0 Å². The molecule has 1 atom stereocenters. The van der Waals surface area contributed by atoms with E-state index in [9.17, 15) is 14.3 Å². The number of nitriles is 1. The molecule has 11 heteroatoms. The summed E-state index contributed by atoms with van der Waals surface area (Å²) in [4.78, 5) is 24.8. The van der Waals surface area contributed by atoms with Crippen LogP contribution >= 0.6 is 11.3 Å². The van der Waals surface area contributed by atoms with Crippen LogP contribution in [0.1, 0.15) is 63.1 Å². The number of likely N-dealkylation sites (tertiary alicyclic amines) is 1. The van der Waals surface area contributed by atoms with Crippen LogP contribution in [0.4, 0.5) is 4.39 Å². The molecule has 1 N–H and O–H groups in total. The van der Waals surface area contributed by atoms with Gasteiger partial charge in [0.15, 0.2) is 0 Å². The molecule has 5 heterocycles. The van der Waals surface area contributed by atoms with Crippen molar-refractivity contribution >= 4 is 27.7 Å². The van der Waals surface area contributed by atoms with Crippen LogP contribution in [-0.4, -0.2) is 56.3 Å². The van der Waals surface area contributed by atoms with Gasteiger partial charge in [-0.05, 0) is 57.5 Å². The van der Waals surface area contributed by atoms with Crippen molar-refractivity contribution in [1.82, 2.24) is 19.4 Å². The quantitative estimate of drug-likeness (QED) is 0.288. The third-order valence-electron chi connectivity index (χ3n) is 7.96. The molecule has 0 amide bonds. The first kappa shape index (κ1) is 27.3. The number of carbonyl (C=O) groups is 1. The second-order valence-corrected chi connectivity index (χ2v) is 11.6. The van der Waals surface area contributed by atoms with Gasteiger partial charge < -0.3 is 19.1 Å². The molecule has 0 saturated carbocycles. The van der Waals surface area contributed by atoms with Crippen molar-refractivity contribution < 1.29 is 23.8 Å². The first-order valence-electron chi connectivity index (χ1n) is 13.7. The Morgan fingerprint density at radius 1 is 1.24 bits per heavy atom. The molecule has 2 saturated heterocycles.